The second-order valence-electron chi connectivity index (χ2n) is 4.75. The van der Waals surface area contributed by atoms with Gasteiger partial charge in [-0.05, 0) is 31.5 Å². The molecular formula is C14H20FN3O. The van der Waals surface area contributed by atoms with Gasteiger partial charge in [-0.15, -0.1) is 0 Å². The Labute approximate surface area is 113 Å². The van der Waals surface area contributed by atoms with E-state index in [1.807, 2.05) is 0 Å². The Kier molecular flexibility index (Phi) is 4.74. The highest BCUT2D eigenvalue weighted by Gasteiger charge is 2.23. The number of piperidine rings is 1. The molecule has 2 N–H and O–H groups in total. The molecule has 1 unspecified atom stereocenters. The molecule has 0 aliphatic carbocycles. The maximum absolute atomic E-state index is 13.5. The summed E-state index contributed by atoms with van der Waals surface area (Å²) in [4.78, 5) is 13.8. The van der Waals surface area contributed by atoms with Crippen molar-refractivity contribution in [1.29, 1.82) is 0 Å². The van der Waals surface area contributed by atoms with Crippen molar-refractivity contribution in [3.8, 4) is 0 Å². The molecule has 0 radical (unpaired) electrons. The maximum atomic E-state index is 13.5. The van der Waals surface area contributed by atoms with Gasteiger partial charge in [0.2, 0.25) is 0 Å². The summed E-state index contributed by atoms with van der Waals surface area (Å²) in [6.07, 6.45) is 2.06. The Morgan fingerprint density at radius 2 is 2.26 bits per heavy atom. The van der Waals surface area contributed by atoms with Gasteiger partial charge in [0, 0.05) is 19.1 Å². The van der Waals surface area contributed by atoms with E-state index in [1.54, 1.807) is 23.1 Å². The van der Waals surface area contributed by atoms with Crippen LogP contribution in [0.5, 0.6) is 0 Å². The van der Waals surface area contributed by atoms with Gasteiger partial charge in [0.1, 0.15) is 5.82 Å². The lowest BCUT2D eigenvalue weighted by molar-refractivity contribution is 0.186. The topological polar surface area (TPSA) is 44.4 Å². The number of likely N-dealkylation sites (tertiary alicyclic amines) is 1. The normalized spacial score (nSPS) is 19.3. The van der Waals surface area contributed by atoms with Crippen molar-refractivity contribution >= 4 is 11.7 Å². The van der Waals surface area contributed by atoms with E-state index in [0.29, 0.717) is 12.6 Å². The van der Waals surface area contributed by atoms with Crippen molar-refractivity contribution < 1.29 is 9.18 Å². The third kappa shape index (κ3) is 3.67. The zero-order chi connectivity index (χ0) is 13.7. The van der Waals surface area contributed by atoms with Crippen LogP contribution in [-0.2, 0) is 0 Å². The Hall–Kier alpha value is -1.62. The van der Waals surface area contributed by atoms with Crippen LogP contribution in [0.15, 0.2) is 24.3 Å². The van der Waals surface area contributed by atoms with Crippen molar-refractivity contribution in [1.82, 2.24) is 10.2 Å². The number of carbonyl (C=O) groups excluding carboxylic acids is 1. The first kappa shape index (κ1) is 13.8. The second kappa shape index (κ2) is 6.52. The summed E-state index contributed by atoms with van der Waals surface area (Å²) in [6.45, 7) is 4.35. The molecule has 1 atom stereocenters. The minimum atomic E-state index is -0.406. The van der Waals surface area contributed by atoms with Crippen LogP contribution in [0.4, 0.5) is 14.9 Å². The molecule has 5 heteroatoms. The van der Waals surface area contributed by atoms with E-state index in [-0.39, 0.29) is 11.7 Å². The van der Waals surface area contributed by atoms with Gasteiger partial charge in [-0.3, -0.25) is 0 Å². The van der Waals surface area contributed by atoms with Crippen LogP contribution in [0.3, 0.4) is 0 Å². The summed E-state index contributed by atoms with van der Waals surface area (Å²) in [5.41, 5.74) is 0.234. The maximum Gasteiger partial charge on any atom is 0.321 e. The minimum Gasteiger partial charge on any atom is -0.323 e. The van der Waals surface area contributed by atoms with Crippen LogP contribution < -0.4 is 10.6 Å². The van der Waals surface area contributed by atoms with Crippen molar-refractivity contribution in [2.24, 2.45) is 0 Å². The standard InChI is InChI=1S/C14H20FN3O/c1-2-16-11-6-5-9-18(10-11)14(19)17-13-8-4-3-7-12(13)15/h3-4,7-8,11,16H,2,5-6,9-10H2,1H3,(H,17,19). The lowest BCUT2D eigenvalue weighted by Crippen LogP contribution is -2.49. The molecule has 19 heavy (non-hydrogen) atoms. The molecule has 1 aromatic rings. The summed E-state index contributed by atoms with van der Waals surface area (Å²) in [5.74, 6) is -0.406. The van der Waals surface area contributed by atoms with E-state index >= 15 is 0 Å². The minimum absolute atomic E-state index is 0.229. The molecule has 1 aliphatic rings. The molecule has 2 amide bonds. The zero-order valence-corrected chi connectivity index (χ0v) is 11.2. The number of halogens is 1. The zero-order valence-electron chi connectivity index (χ0n) is 11.2. The Morgan fingerprint density at radius 3 is 3.00 bits per heavy atom. The number of nitrogens with zero attached hydrogens (tertiary/aromatic N) is 1. The molecule has 0 bridgehead atoms. The molecule has 1 aliphatic heterocycles. The highest BCUT2D eigenvalue weighted by molar-refractivity contribution is 5.89. The number of anilines is 1. The predicted molar refractivity (Wildman–Crippen MR) is 73.7 cm³/mol. The summed E-state index contributed by atoms with van der Waals surface area (Å²) in [5, 5.41) is 5.98. The number of nitrogens with one attached hydrogen (secondary N) is 2. The highest BCUT2D eigenvalue weighted by Crippen LogP contribution is 2.15. The van der Waals surface area contributed by atoms with Crippen LogP contribution in [0.1, 0.15) is 19.8 Å². The molecule has 0 saturated carbocycles. The van der Waals surface area contributed by atoms with E-state index in [9.17, 15) is 9.18 Å². The molecule has 1 saturated heterocycles. The van der Waals surface area contributed by atoms with E-state index < -0.39 is 5.82 Å². The van der Waals surface area contributed by atoms with E-state index in [2.05, 4.69) is 17.6 Å². The fraction of sp³-hybridized carbons (Fsp3) is 0.500. The molecule has 0 spiro atoms. The summed E-state index contributed by atoms with van der Waals surface area (Å²) in [7, 11) is 0. The monoisotopic (exact) mass is 265 g/mol. The summed E-state index contributed by atoms with van der Waals surface area (Å²) < 4.78 is 13.5. The molecule has 4 nitrogen and oxygen atoms in total. The van der Waals surface area contributed by atoms with Gasteiger partial charge in [0.05, 0.1) is 5.69 Å². The van der Waals surface area contributed by atoms with Gasteiger partial charge in [-0.25, -0.2) is 9.18 Å². The number of para-hydroxylation sites is 1. The average Bonchev–Trinajstić information content (AvgIpc) is 2.42. The van der Waals surface area contributed by atoms with Crippen molar-refractivity contribution in [2.45, 2.75) is 25.8 Å². The Bertz CT molecular complexity index is 436. The van der Waals surface area contributed by atoms with Gasteiger partial charge >= 0.3 is 6.03 Å². The molecule has 1 fully saturated rings. The first-order valence-electron chi connectivity index (χ1n) is 6.74. The largest absolute Gasteiger partial charge is 0.323 e. The Morgan fingerprint density at radius 1 is 1.47 bits per heavy atom. The number of carbonyl (C=O) groups is 1. The fourth-order valence-corrected chi connectivity index (χ4v) is 2.37. The van der Waals surface area contributed by atoms with Crippen molar-refractivity contribution in [3.63, 3.8) is 0 Å². The molecule has 2 rings (SSSR count). The van der Waals surface area contributed by atoms with Crippen LogP contribution in [0.2, 0.25) is 0 Å². The number of amides is 2. The third-order valence-corrected chi connectivity index (χ3v) is 3.32. The quantitative estimate of drug-likeness (QED) is 0.881. The smallest absolute Gasteiger partial charge is 0.321 e. The number of urea groups is 1. The summed E-state index contributed by atoms with van der Waals surface area (Å²) >= 11 is 0. The first-order valence-corrected chi connectivity index (χ1v) is 6.74. The first-order chi connectivity index (χ1) is 9.20. The third-order valence-electron chi connectivity index (χ3n) is 3.32. The van der Waals surface area contributed by atoms with Gasteiger partial charge in [-0.2, -0.15) is 0 Å². The van der Waals surface area contributed by atoms with Crippen molar-refractivity contribution in [2.75, 3.05) is 25.0 Å². The summed E-state index contributed by atoms with van der Waals surface area (Å²) in [6, 6.07) is 6.33. The van der Waals surface area contributed by atoms with E-state index in [1.165, 1.54) is 6.07 Å². The molecule has 0 aromatic heterocycles. The highest BCUT2D eigenvalue weighted by atomic mass is 19.1. The average molecular weight is 265 g/mol. The van der Waals surface area contributed by atoms with Crippen LogP contribution in [-0.4, -0.2) is 36.6 Å². The lowest BCUT2D eigenvalue weighted by Gasteiger charge is -2.33. The lowest BCUT2D eigenvalue weighted by atomic mass is 10.1. The number of hydrogen-bond acceptors (Lipinski definition) is 2. The number of likely N-dealkylation sites (N-methyl/N-ethyl adjacent to an activating group) is 1. The predicted octanol–water partition coefficient (Wildman–Crippen LogP) is 2.43. The van der Waals surface area contributed by atoms with E-state index in [0.717, 1.165) is 25.9 Å². The van der Waals surface area contributed by atoms with Crippen LogP contribution in [0.25, 0.3) is 0 Å². The Balaban J connectivity index is 1.94. The van der Waals surface area contributed by atoms with Crippen LogP contribution >= 0.6 is 0 Å². The number of hydrogen-bond donors (Lipinski definition) is 2. The molecule has 1 aromatic carbocycles. The number of benzene rings is 1. The van der Waals surface area contributed by atoms with E-state index in [4.69, 9.17) is 0 Å². The SMILES string of the molecule is CCNC1CCCN(C(=O)Nc2ccccc2F)C1. The van der Waals surface area contributed by atoms with Crippen LogP contribution in [0, 0.1) is 5.82 Å². The van der Waals surface area contributed by atoms with Gasteiger partial charge < -0.3 is 15.5 Å². The van der Waals surface area contributed by atoms with Gasteiger partial charge in [0.25, 0.3) is 0 Å². The van der Waals surface area contributed by atoms with Crippen molar-refractivity contribution in [3.05, 3.63) is 30.1 Å². The second-order valence-corrected chi connectivity index (χ2v) is 4.75. The fourth-order valence-electron chi connectivity index (χ4n) is 2.37. The van der Waals surface area contributed by atoms with Gasteiger partial charge in [0.15, 0.2) is 0 Å². The van der Waals surface area contributed by atoms with Gasteiger partial charge in [-0.1, -0.05) is 19.1 Å². The molecule has 1 heterocycles. The number of rotatable bonds is 3. The molecular weight excluding hydrogens is 245 g/mol. The molecule has 104 valence electrons.